The van der Waals surface area contributed by atoms with Crippen molar-refractivity contribution in [3.05, 3.63) is 12.2 Å². The maximum atomic E-state index is 12.0. The summed E-state index contributed by atoms with van der Waals surface area (Å²) in [5.74, 6) is 0. The van der Waals surface area contributed by atoms with E-state index in [0.29, 0.717) is 6.54 Å². The van der Waals surface area contributed by atoms with Crippen molar-refractivity contribution >= 4 is 17.7 Å². The molecule has 16 heavy (non-hydrogen) atoms. The molecule has 1 saturated heterocycles. The topological polar surface area (TPSA) is 20.3 Å². The van der Waals surface area contributed by atoms with Gasteiger partial charge in [0.2, 0.25) is 5.12 Å². The summed E-state index contributed by atoms with van der Waals surface area (Å²) in [5.41, 5.74) is 0. The van der Waals surface area contributed by atoms with E-state index in [4.69, 9.17) is 0 Å². The average Bonchev–Trinajstić information content (AvgIpc) is 2.57. The summed E-state index contributed by atoms with van der Waals surface area (Å²) < 4.78 is 36.1. The van der Waals surface area contributed by atoms with Crippen LogP contribution in [0, 0.1) is 0 Å². The Bertz CT molecular complexity index is 278. The number of carbonyl (C=O) groups excluding carboxylic acids is 1. The Morgan fingerprint density at radius 3 is 2.75 bits per heavy atom. The monoisotopic (exact) mass is 253 g/mol. The second-order valence-corrected chi connectivity index (χ2v) is 4.25. The van der Waals surface area contributed by atoms with Gasteiger partial charge in [-0.2, -0.15) is 13.2 Å². The van der Waals surface area contributed by atoms with E-state index in [1.54, 1.807) is 11.0 Å². The third kappa shape index (κ3) is 5.03. The Kier molecular flexibility index (Phi) is 4.86. The quantitative estimate of drug-likeness (QED) is 0.613. The molecular weight excluding hydrogens is 239 g/mol. The van der Waals surface area contributed by atoms with Gasteiger partial charge in [-0.05, 0) is 25.5 Å². The highest BCUT2D eigenvalue weighted by molar-refractivity contribution is 7.97. The SMILES string of the molecule is O=C(S)/C=C/C1CCCN1CCC(F)(F)F. The van der Waals surface area contributed by atoms with Gasteiger partial charge in [0, 0.05) is 12.6 Å². The first kappa shape index (κ1) is 13.6. The average molecular weight is 253 g/mol. The van der Waals surface area contributed by atoms with Crippen LogP contribution in [-0.4, -0.2) is 35.3 Å². The fourth-order valence-electron chi connectivity index (χ4n) is 1.81. The molecule has 1 unspecified atom stereocenters. The number of hydrogen-bond donors (Lipinski definition) is 1. The third-order valence-corrected chi connectivity index (χ3v) is 2.71. The lowest BCUT2D eigenvalue weighted by Crippen LogP contribution is -2.31. The first-order valence-electron chi connectivity index (χ1n) is 5.10. The molecule has 0 bridgehead atoms. The number of thiol groups is 1. The fourth-order valence-corrected chi connectivity index (χ4v) is 1.90. The van der Waals surface area contributed by atoms with E-state index in [9.17, 15) is 18.0 Å². The highest BCUT2D eigenvalue weighted by Gasteiger charge is 2.30. The van der Waals surface area contributed by atoms with Gasteiger partial charge in [0.05, 0.1) is 6.42 Å². The number of halogens is 3. The summed E-state index contributed by atoms with van der Waals surface area (Å²) >= 11 is 3.57. The minimum atomic E-state index is -4.11. The molecule has 0 aromatic carbocycles. The van der Waals surface area contributed by atoms with Crippen LogP contribution >= 0.6 is 12.6 Å². The predicted octanol–water partition coefficient (Wildman–Crippen LogP) is 2.42. The smallest absolute Gasteiger partial charge is 0.297 e. The van der Waals surface area contributed by atoms with Crippen molar-refractivity contribution < 1.29 is 18.0 Å². The van der Waals surface area contributed by atoms with Crippen LogP contribution in [0.25, 0.3) is 0 Å². The van der Waals surface area contributed by atoms with Crippen LogP contribution in [0.2, 0.25) is 0 Å². The van der Waals surface area contributed by atoms with Crippen molar-refractivity contribution in [2.45, 2.75) is 31.5 Å². The molecule has 1 aliphatic rings. The zero-order chi connectivity index (χ0) is 12.2. The molecule has 0 aliphatic carbocycles. The fraction of sp³-hybridized carbons (Fsp3) is 0.700. The van der Waals surface area contributed by atoms with Gasteiger partial charge in [-0.3, -0.25) is 9.69 Å². The highest BCUT2D eigenvalue weighted by Crippen LogP contribution is 2.24. The molecule has 1 heterocycles. The molecule has 6 heteroatoms. The van der Waals surface area contributed by atoms with Gasteiger partial charge < -0.3 is 0 Å². The second kappa shape index (κ2) is 5.72. The van der Waals surface area contributed by atoms with E-state index in [0.717, 1.165) is 12.8 Å². The van der Waals surface area contributed by atoms with Crippen LogP contribution in [0.5, 0.6) is 0 Å². The molecule has 0 saturated carbocycles. The number of carbonyl (C=O) groups is 1. The van der Waals surface area contributed by atoms with Crippen LogP contribution < -0.4 is 0 Å². The minimum Gasteiger partial charge on any atom is -0.297 e. The molecule has 1 atom stereocenters. The summed E-state index contributed by atoms with van der Waals surface area (Å²) in [7, 11) is 0. The summed E-state index contributed by atoms with van der Waals surface area (Å²) in [4.78, 5) is 12.4. The standard InChI is InChI=1S/C10H14F3NOS/c11-10(12,13)5-7-14-6-1-2-8(14)3-4-9(15)16/h3-4,8H,1-2,5-7H2,(H,15,16)/b4-3+. The van der Waals surface area contributed by atoms with Gasteiger partial charge in [-0.1, -0.05) is 6.08 Å². The van der Waals surface area contributed by atoms with E-state index < -0.39 is 12.6 Å². The van der Waals surface area contributed by atoms with Crippen molar-refractivity contribution in [2.75, 3.05) is 13.1 Å². The van der Waals surface area contributed by atoms with Crippen LogP contribution in [0.3, 0.4) is 0 Å². The van der Waals surface area contributed by atoms with Crippen LogP contribution in [-0.2, 0) is 4.79 Å². The Morgan fingerprint density at radius 1 is 1.50 bits per heavy atom. The van der Waals surface area contributed by atoms with E-state index in [1.807, 2.05) is 0 Å². The number of nitrogens with zero attached hydrogens (tertiary/aromatic N) is 1. The van der Waals surface area contributed by atoms with Crippen LogP contribution in [0.4, 0.5) is 13.2 Å². The molecule has 2 nitrogen and oxygen atoms in total. The molecule has 1 aliphatic heterocycles. The van der Waals surface area contributed by atoms with E-state index in [1.165, 1.54) is 6.08 Å². The molecule has 0 radical (unpaired) electrons. The van der Waals surface area contributed by atoms with Gasteiger partial charge in [0.1, 0.15) is 0 Å². The molecule has 1 fully saturated rings. The maximum Gasteiger partial charge on any atom is 0.390 e. The van der Waals surface area contributed by atoms with Gasteiger partial charge in [0.15, 0.2) is 0 Å². The largest absolute Gasteiger partial charge is 0.390 e. The molecule has 0 amide bonds. The van der Waals surface area contributed by atoms with Crippen molar-refractivity contribution in [1.29, 1.82) is 0 Å². The summed E-state index contributed by atoms with van der Waals surface area (Å²) in [6.45, 7) is 0.658. The minimum absolute atomic E-state index is 0.000726. The van der Waals surface area contributed by atoms with Gasteiger partial charge in [-0.25, -0.2) is 0 Å². The summed E-state index contributed by atoms with van der Waals surface area (Å²) in [5, 5.41) is -0.373. The van der Waals surface area contributed by atoms with Crippen molar-refractivity contribution in [3.8, 4) is 0 Å². The molecule has 0 N–H and O–H groups in total. The van der Waals surface area contributed by atoms with Crippen LogP contribution in [0.1, 0.15) is 19.3 Å². The lowest BCUT2D eigenvalue weighted by Gasteiger charge is -2.22. The first-order chi connectivity index (χ1) is 7.38. The Balaban J connectivity index is 2.43. The number of alkyl halides is 3. The number of rotatable bonds is 4. The molecular formula is C10H14F3NOS. The van der Waals surface area contributed by atoms with E-state index >= 15 is 0 Å². The predicted molar refractivity (Wildman–Crippen MR) is 58.4 cm³/mol. The molecule has 0 aromatic heterocycles. The van der Waals surface area contributed by atoms with Crippen molar-refractivity contribution in [3.63, 3.8) is 0 Å². The molecule has 0 aromatic rings. The Labute approximate surface area is 97.9 Å². The van der Waals surface area contributed by atoms with Gasteiger partial charge in [0.25, 0.3) is 0 Å². The Hall–Kier alpha value is -0.490. The maximum absolute atomic E-state index is 12.0. The second-order valence-electron chi connectivity index (χ2n) is 3.81. The normalized spacial score (nSPS) is 23.1. The zero-order valence-electron chi connectivity index (χ0n) is 8.70. The van der Waals surface area contributed by atoms with Gasteiger partial charge >= 0.3 is 6.18 Å². The lowest BCUT2D eigenvalue weighted by molar-refractivity contribution is -0.138. The highest BCUT2D eigenvalue weighted by atomic mass is 32.1. The van der Waals surface area contributed by atoms with Gasteiger partial charge in [-0.15, -0.1) is 12.6 Å². The summed E-state index contributed by atoms with van der Waals surface area (Å²) in [6.07, 6.45) is -0.302. The summed E-state index contributed by atoms with van der Waals surface area (Å²) in [6, 6.07) is -0.0570. The molecule has 0 spiro atoms. The molecule has 92 valence electrons. The third-order valence-electron chi connectivity index (χ3n) is 2.56. The van der Waals surface area contributed by atoms with Crippen molar-refractivity contribution in [1.82, 2.24) is 4.90 Å². The lowest BCUT2D eigenvalue weighted by atomic mass is 10.2. The van der Waals surface area contributed by atoms with E-state index in [-0.39, 0.29) is 17.7 Å². The number of likely N-dealkylation sites (tertiary alicyclic amines) is 1. The van der Waals surface area contributed by atoms with Crippen molar-refractivity contribution in [2.24, 2.45) is 0 Å². The first-order valence-corrected chi connectivity index (χ1v) is 5.55. The zero-order valence-corrected chi connectivity index (χ0v) is 9.60. The van der Waals surface area contributed by atoms with Crippen LogP contribution in [0.15, 0.2) is 12.2 Å². The van der Waals surface area contributed by atoms with E-state index in [2.05, 4.69) is 12.6 Å². The number of hydrogen-bond acceptors (Lipinski definition) is 2. The molecule has 1 rings (SSSR count). The Morgan fingerprint density at radius 2 is 2.19 bits per heavy atom.